The molecule has 0 saturated heterocycles. The van der Waals surface area contributed by atoms with Crippen molar-refractivity contribution >= 4 is 23.4 Å². The molecule has 0 spiro atoms. The second kappa shape index (κ2) is 7.43. The van der Waals surface area contributed by atoms with Crippen LogP contribution in [0.1, 0.15) is 18.4 Å². The van der Waals surface area contributed by atoms with Crippen LogP contribution in [-0.2, 0) is 16.1 Å². The largest absolute Gasteiger partial charge is 0.348 e. The molecule has 2 amide bonds. The topological polar surface area (TPSA) is 62.6 Å². The Labute approximate surface area is 129 Å². The monoisotopic (exact) mass is 310 g/mol. The van der Waals surface area contributed by atoms with Crippen LogP contribution in [0.5, 0.6) is 0 Å². The molecule has 3 N–H and O–H groups in total. The molecular weight excluding hydrogens is 290 g/mol. The Hall–Kier alpha value is -1.59. The maximum absolute atomic E-state index is 11.8. The van der Waals surface area contributed by atoms with Crippen molar-refractivity contribution in [1.82, 2.24) is 10.6 Å². The zero-order valence-corrected chi connectivity index (χ0v) is 12.9. The Morgan fingerprint density at radius 2 is 2.00 bits per heavy atom. The fourth-order valence-electron chi connectivity index (χ4n) is 2.03. The van der Waals surface area contributed by atoms with Crippen molar-refractivity contribution in [1.29, 1.82) is 0 Å². The molecule has 1 unspecified atom stereocenters. The molecular formula is C15H21ClN3O2+. The first-order valence-electron chi connectivity index (χ1n) is 7.15. The lowest BCUT2D eigenvalue weighted by Crippen LogP contribution is -3.11. The molecule has 21 heavy (non-hydrogen) atoms. The molecule has 1 aromatic carbocycles. The zero-order chi connectivity index (χ0) is 15.2. The van der Waals surface area contributed by atoms with E-state index in [9.17, 15) is 9.59 Å². The van der Waals surface area contributed by atoms with E-state index in [0.29, 0.717) is 24.2 Å². The number of halogens is 1. The molecule has 0 radical (unpaired) electrons. The van der Waals surface area contributed by atoms with E-state index in [0.717, 1.165) is 23.3 Å². The third-order valence-electron chi connectivity index (χ3n) is 3.25. The number of benzene rings is 1. The molecule has 1 aromatic rings. The first-order chi connectivity index (χ1) is 10.0. The van der Waals surface area contributed by atoms with E-state index in [1.54, 1.807) is 6.07 Å². The Balaban J connectivity index is 1.67. The molecule has 2 rings (SSSR count). The second-order valence-electron chi connectivity index (χ2n) is 5.56. The average Bonchev–Trinajstić information content (AvgIpc) is 3.20. The minimum absolute atomic E-state index is 0.0117. The van der Waals surface area contributed by atoms with Gasteiger partial charge >= 0.3 is 0 Å². The summed E-state index contributed by atoms with van der Waals surface area (Å²) in [4.78, 5) is 24.3. The van der Waals surface area contributed by atoms with Crippen LogP contribution in [0.2, 0.25) is 5.02 Å². The summed E-state index contributed by atoms with van der Waals surface area (Å²) < 4.78 is 0. The Kier molecular flexibility index (Phi) is 5.59. The Bertz CT molecular complexity index is 517. The fourth-order valence-corrected chi connectivity index (χ4v) is 2.24. The van der Waals surface area contributed by atoms with Crippen molar-refractivity contribution in [2.24, 2.45) is 0 Å². The van der Waals surface area contributed by atoms with E-state index >= 15 is 0 Å². The van der Waals surface area contributed by atoms with Gasteiger partial charge in [0.05, 0.1) is 7.05 Å². The zero-order valence-electron chi connectivity index (χ0n) is 12.1. The highest BCUT2D eigenvalue weighted by molar-refractivity contribution is 6.30. The Morgan fingerprint density at radius 3 is 2.67 bits per heavy atom. The van der Waals surface area contributed by atoms with Crippen molar-refractivity contribution < 1.29 is 14.5 Å². The maximum atomic E-state index is 11.8. The van der Waals surface area contributed by atoms with Gasteiger partial charge in [0, 0.05) is 17.6 Å². The van der Waals surface area contributed by atoms with Gasteiger partial charge in [-0.05, 0) is 30.5 Å². The van der Waals surface area contributed by atoms with Gasteiger partial charge in [-0.25, -0.2) is 0 Å². The molecule has 1 fully saturated rings. The Morgan fingerprint density at radius 1 is 1.29 bits per heavy atom. The normalized spacial score (nSPS) is 15.3. The third-order valence-corrected chi connectivity index (χ3v) is 3.48. The quantitative estimate of drug-likeness (QED) is 0.650. The van der Waals surface area contributed by atoms with Gasteiger partial charge in [-0.2, -0.15) is 0 Å². The third kappa shape index (κ3) is 6.14. The van der Waals surface area contributed by atoms with Crippen LogP contribution >= 0.6 is 11.6 Å². The summed E-state index contributed by atoms with van der Waals surface area (Å²) in [6.07, 6.45) is 2.15. The molecule has 5 nitrogen and oxygen atoms in total. The van der Waals surface area contributed by atoms with E-state index < -0.39 is 0 Å². The number of rotatable bonds is 7. The minimum atomic E-state index is -0.0771. The summed E-state index contributed by atoms with van der Waals surface area (Å²) in [5.74, 6) is -0.0654. The van der Waals surface area contributed by atoms with E-state index in [1.807, 2.05) is 25.2 Å². The number of hydrogen-bond donors (Lipinski definition) is 3. The van der Waals surface area contributed by atoms with E-state index in [4.69, 9.17) is 11.6 Å². The lowest BCUT2D eigenvalue weighted by atomic mass is 10.2. The number of likely N-dealkylation sites (N-methyl/N-ethyl adjacent to an activating group) is 1. The number of carbonyl (C=O) groups excluding carboxylic acids is 2. The van der Waals surface area contributed by atoms with Crippen molar-refractivity contribution in [2.75, 3.05) is 20.1 Å². The number of amides is 2. The molecule has 1 aliphatic carbocycles. The average molecular weight is 311 g/mol. The van der Waals surface area contributed by atoms with E-state index in [1.165, 1.54) is 0 Å². The highest BCUT2D eigenvalue weighted by Gasteiger charge is 2.24. The summed E-state index contributed by atoms with van der Waals surface area (Å²) in [6, 6.07) is 7.74. The first-order valence-corrected chi connectivity index (χ1v) is 7.52. The number of nitrogens with one attached hydrogen (secondary N) is 3. The summed E-state index contributed by atoms with van der Waals surface area (Å²) >= 11 is 5.89. The summed E-state index contributed by atoms with van der Waals surface area (Å²) in [6.45, 7) is 1.04. The molecule has 6 heteroatoms. The maximum Gasteiger partial charge on any atom is 0.275 e. The van der Waals surface area contributed by atoms with Gasteiger partial charge in [-0.3, -0.25) is 9.59 Å². The van der Waals surface area contributed by atoms with Gasteiger partial charge in [0.1, 0.15) is 0 Å². The molecule has 0 aromatic heterocycles. The summed E-state index contributed by atoms with van der Waals surface area (Å²) in [5, 5.41) is 6.40. The standard InChI is InChI=1S/C15H20ClN3O2/c1-19(10-15(21)18-13-5-6-13)9-14(20)17-8-11-3-2-4-12(16)7-11/h2-4,7,13H,5-6,8-10H2,1H3,(H,17,20)(H,18,21)/p+1. The van der Waals surface area contributed by atoms with Crippen LogP contribution in [0, 0.1) is 0 Å². The second-order valence-corrected chi connectivity index (χ2v) is 6.00. The molecule has 1 aliphatic rings. The van der Waals surface area contributed by atoms with Gasteiger partial charge < -0.3 is 15.5 Å². The van der Waals surface area contributed by atoms with Crippen LogP contribution in [-0.4, -0.2) is 38.0 Å². The van der Waals surface area contributed by atoms with Crippen molar-refractivity contribution in [3.8, 4) is 0 Å². The number of quaternary nitrogens is 1. The lowest BCUT2D eigenvalue weighted by Gasteiger charge is -2.13. The lowest BCUT2D eigenvalue weighted by molar-refractivity contribution is -0.862. The highest BCUT2D eigenvalue weighted by atomic mass is 35.5. The molecule has 1 saturated carbocycles. The van der Waals surface area contributed by atoms with E-state index in [-0.39, 0.29) is 18.4 Å². The molecule has 114 valence electrons. The molecule has 0 aliphatic heterocycles. The van der Waals surface area contributed by atoms with Crippen LogP contribution in [0.4, 0.5) is 0 Å². The highest BCUT2D eigenvalue weighted by Crippen LogP contribution is 2.17. The van der Waals surface area contributed by atoms with Gasteiger partial charge in [-0.15, -0.1) is 0 Å². The summed E-state index contributed by atoms with van der Waals surface area (Å²) in [7, 11) is 1.84. The minimum Gasteiger partial charge on any atom is -0.348 e. The van der Waals surface area contributed by atoms with Crippen molar-refractivity contribution in [3.05, 3.63) is 34.9 Å². The number of carbonyl (C=O) groups is 2. The van der Waals surface area contributed by atoms with Gasteiger partial charge in [0.25, 0.3) is 11.8 Å². The van der Waals surface area contributed by atoms with Crippen molar-refractivity contribution in [3.63, 3.8) is 0 Å². The van der Waals surface area contributed by atoms with Crippen LogP contribution < -0.4 is 15.5 Å². The van der Waals surface area contributed by atoms with Gasteiger partial charge in [0.15, 0.2) is 13.1 Å². The first kappa shape index (κ1) is 15.8. The van der Waals surface area contributed by atoms with Crippen LogP contribution in [0.3, 0.4) is 0 Å². The SMILES string of the molecule is C[NH+](CC(=O)NCc1cccc(Cl)c1)CC(=O)NC1CC1. The van der Waals surface area contributed by atoms with Gasteiger partial charge in [0.2, 0.25) is 0 Å². The van der Waals surface area contributed by atoms with Crippen molar-refractivity contribution in [2.45, 2.75) is 25.4 Å². The van der Waals surface area contributed by atoms with E-state index in [2.05, 4.69) is 10.6 Å². The molecule has 0 bridgehead atoms. The van der Waals surface area contributed by atoms with Crippen LogP contribution in [0.15, 0.2) is 24.3 Å². The fraction of sp³-hybridized carbons (Fsp3) is 0.467. The van der Waals surface area contributed by atoms with Crippen LogP contribution in [0.25, 0.3) is 0 Å². The smallest absolute Gasteiger partial charge is 0.275 e. The van der Waals surface area contributed by atoms with Gasteiger partial charge in [-0.1, -0.05) is 23.7 Å². The molecule has 0 heterocycles. The summed E-state index contributed by atoms with van der Waals surface area (Å²) in [5.41, 5.74) is 0.958. The molecule has 1 atom stereocenters. The number of hydrogen-bond acceptors (Lipinski definition) is 2. The predicted octanol–water partition coefficient (Wildman–Crippen LogP) is -0.250. The predicted molar refractivity (Wildman–Crippen MR) is 81.1 cm³/mol.